The molecule has 0 aliphatic heterocycles. The van der Waals surface area contributed by atoms with Gasteiger partial charge in [0.2, 0.25) is 0 Å². The second-order valence-corrected chi connectivity index (χ2v) is 3.53. The van der Waals surface area contributed by atoms with Gasteiger partial charge in [0.25, 0.3) is 0 Å². The highest BCUT2D eigenvalue weighted by Crippen LogP contribution is 2.05. The van der Waals surface area contributed by atoms with Gasteiger partial charge < -0.3 is 10.7 Å². The Morgan fingerprint density at radius 2 is 2.08 bits per heavy atom. The molecule has 0 fully saturated rings. The Morgan fingerprint density at radius 3 is 2.69 bits per heavy atom. The summed E-state index contributed by atoms with van der Waals surface area (Å²) in [6.45, 7) is 5.27. The highest BCUT2D eigenvalue weighted by molar-refractivity contribution is 6.09. The van der Waals surface area contributed by atoms with Crippen molar-refractivity contribution in [2.24, 2.45) is 5.92 Å². The van der Waals surface area contributed by atoms with Crippen molar-refractivity contribution >= 4 is 5.71 Å². The maximum absolute atomic E-state index is 7.59. The van der Waals surface area contributed by atoms with E-state index in [2.05, 4.69) is 19.2 Å². The fraction of sp³-hybridized carbons (Fsp3) is 0.364. The third kappa shape index (κ3) is 3.28. The molecule has 2 nitrogen and oxygen atoms in total. The van der Waals surface area contributed by atoms with Crippen molar-refractivity contribution in [1.29, 1.82) is 5.41 Å². The molecule has 0 unspecified atom stereocenters. The standard InChI is InChI=1S/C11H16N2/c1-9(2)7-13-8-10-5-3-4-6-11(10)12/h3-6,8-9,12-13H,7H2,1-2H3/b10-8-,12-11?. The van der Waals surface area contributed by atoms with E-state index in [-0.39, 0.29) is 0 Å². The van der Waals surface area contributed by atoms with E-state index in [4.69, 9.17) is 5.41 Å². The molecule has 0 aromatic heterocycles. The summed E-state index contributed by atoms with van der Waals surface area (Å²) < 4.78 is 0. The largest absolute Gasteiger partial charge is 0.390 e. The summed E-state index contributed by atoms with van der Waals surface area (Å²) in [5.74, 6) is 0.633. The summed E-state index contributed by atoms with van der Waals surface area (Å²) in [5.41, 5.74) is 1.52. The van der Waals surface area contributed by atoms with Crippen LogP contribution in [0.25, 0.3) is 0 Å². The zero-order chi connectivity index (χ0) is 9.68. The van der Waals surface area contributed by atoms with Crippen molar-refractivity contribution < 1.29 is 0 Å². The Balaban J connectivity index is 2.47. The monoisotopic (exact) mass is 176 g/mol. The average molecular weight is 176 g/mol. The molecule has 1 aliphatic carbocycles. The quantitative estimate of drug-likeness (QED) is 0.679. The van der Waals surface area contributed by atoms with Crippen LogP contribution in [0.5, 0.6) is 0 Å². The molecule has 70 valence electrons. The van der Waals surface area contributed by atoms with E-state index >= 15 is 0 Å². The lowest BCUT2D eigenvalue weighted by atomic mass is 10.1. The molecular formula is C11H16N2. The van der Waals surface area contributed by atoms with Crippen molar-refractivity contribution in [2.45, 2.75) is 13.8 Å². The molecule has 1 rings (SSSR count). The van der Waals surface area contributed by atoms with E-state index in [0.29, 0.717) is 11.6 Å². The molecule has 0 heterocycles. The summed E-state index contributed by atoms with van der Waals surface area (Å²) in [4.78, 5) is 0. The lowest BCUT2D eigenvalue weighted by molar-refractivity contribution is 0.610. The molecule has 0 atom stereocenters. The summed E-state index contributed by atoms with van der Waals surface area (Å²) in [7, 11) is 0. The van der Waals surface area contributed by atoms with E-state index in [9.17, 15) is 0 Å². The molecule has 1 aliphatic rings. The number of hydrogen-bond donors (Lipinski definition) is 2. The Labute approximate surface area is 79.5 Å². The molecule has 0 aromatic rings. The van der Waals surface area contributed by atoms with Crippen molar-refractivity contribution in [2.75, 3.05) is 6.54 Å². The van der Waals surface area contributed by atoms with Gasteiger partial charge in [-0.15, -0.1) is 0 Å². The first-order chi connectivity index (χ1) is 6.20. The molecule has 2 N–H and O–H groups in total. The molecule has 13 heavy (non-hydrogen) atoms. The summed E-state index contributed by atoms with van der Waals surface area (Å²) in [6.07, 6.45) is 9.46. The predicted molar refractivity (Wildman–Crippen MR) is 56.9 cm³/mol. The molecule has 2 heteroatoms. The second kappa shape index (κ2) is 4.65. The van der Waals surface area contributed by atoms with Gasteiger partial charge in [0, 0.05) is 18.3 Å². The van der Waals surface area contributed by atoms with Crippen LogP contribution in [-0.4, -0.2) is 12.3 Å². The summed E-state index contributed by atoms with van der Waals surface area (Å²) in [5, 5.41) is 10.8. The maximum Gasteiger partial charge on any atom is 0.0626 e. The van der Waals surface area contributed by atoms with Gasteiger partial charge >= 0.3 is 0 Å². The van der Waals surface area contributed by atoms with Gasteiger partial charge in [0.05, 0.1) is 5.71 Å². The minimum Gasteiger partial charge on any atom is -0.390 e. The fourth-order valence-corrected chi connectivity index (χ4v) is 1.03. The van der Waals surface area contributed by atoms with E-state index in [1.807, 2.05) is 24.4 Å². The van der Waals surface area contributed by atoms with Crippen LogP contribution in [0, 0.1) is 11.3 Å². The third-order valence-corrected chi connectivity index (χ3v) is 1.74. The zero-order valence-electron chi connectivity index (χ0n) is 8.17. The molecule has 0 spiro atoms. The first kappa shape index (κ1) is 9.78. The number of rotatable bonds is 3. The minimum atomic E-state index is 0.568. The maximum atomic E-state index is 7.59. The fourth-order valence-electron chi connectivity index (χ4n) is 1.03. The summed E-state index contributed by atoms with van der Waals surface area (Å²) >= 11 is 0. The smallest absolute Gasteiger partial charge is 0.0626 e. The van der Waals surface area contributed by atoms with Gasteiger partial charge in [0.1, 0.15) is 0 Å². The van der Waals surface area contributed by atoms with E-state index in [0.717, 1.165) is 12.1 Å². The second-order valence-electron chi connectivity index (χ2n) is 3.53. The van der Waals surface area contributed by atoms with Crippen LogP contribution in [0.3, 0.4) is 0 Å². The van der Waals surface area contributed by atoms with Crippen LogP contribution in [0.4, 0.5) is 0 Å². The first-order valence-corrected chi connectivity index (χ1v) is 4.57. The van der Waals surface area contributed by atoms with E-state index in [1.165, 1.54) is 0 Å². The minimum absolute atomic E-state index is 0.568. The zero-order valence-corrected chi connectivity index (χ0v) is 8.17. The molecule has 0 aromatic carbocycles. The summed E-state index contributed by atoms with van der Waals surface area (Å²) in [6, 6.07) is 0. The number of hydrogen-bond acceptors (Lipinski definition) is 2. The highest BCUT2D eigenvalue weighted by atomic mass is 14.8. The van der Waals surface area contributed by atoms with Crippen molar-refractivity contribution in [3.8, 4) is 0 Å². The topological polar surface area (TPSA) is 35.9 Å². The normalized spacial score (nSPS) is 18.7. The van der Waals surface area contributed by atoms with Crippen molar-refractivity contribution in [3.05, 3.63) is 36.1 Å². The lowest BCUT2D eigenvalue weighted by Gasteiger charge is -2.07. The SMILES string of the molecule is CC(C)CN/C=C1/C=CC=CC1=N. The van der Waals surface area contributed by atoms with Crippen LogP contribution in [0.2, 0.25) is 0 Å². The molecule has 0 saturated carbocycles. The number of nitrogens with one attached hydrogen (secondary N) is 2. The van der Waals surface area contributed by atoms with Crippen LogP contribution in [0.1, 0.15) is 13.8 Å². The van der Waals surface area contributed by atoms with Crippen LogP contribution < -0.4 is 5.32 Å². The van der Waals surface area contributed by atoms with Gasteiger partial charge in [-0.3, -0.25) is 0 Å². The van der Waals surface area contributed by atoms with Crippen molar-refractivity contribution in [1.82, 2.24) is 5.32 Å². The van der Waals surface area contributed by atoms with Crippen LogP contribution in [-0.2, 0) is 0 Å². The molecule has 0 saturated heterocycles. The lowest BCUT2D eigenvalue weighted by Crippen LogP contribution is -2.15. The Hall–Kier alpha value is -1.31. The van der Waals surface area contributed by atoms with E-state index in [1.54, 1.807) is 6.08 Å². The highest BCUT2D eigenvalue weighted by Gasteiger charge is 2.00. The molecular weight excluding hydrogens is 160 g/mol. The van der Waals surface area contributed by atoms with Gasteiger partial charge in [-0.1, -0.05) is 32.1 Å². The Kier molecular flexibility index (Phi) is 3.50. The Morgan fingerprint density at radius 1 is 1.38 bits per heavy atom. The average Bonchev–Trinajstić information content (AvgIpc) is 2.08. The van der Waals surface area contributed by atoms with Gasteiger partial charge in [-0.2, -0.15) is 0 Å². The van der Waals surface area contributed by atoms with Gasteiger partial charge in [-0.05, 0) is 12.0 Å². The first-order valence-electron chi connectivity index (χ1n) is 4.57. The van der Waals surface area contributed by atoms with Gasteiger partial charge in [-0.25, -0.2) is 0 Å². The Bertz CT molecular complexity index is 270. The van der Waals surface area contributed by atoms with E-state index < -0.39 is 0 Å². The third-order valence-electron chi connectivity index (χ3n) is 1.74. The number of allylic oxidation sites excluding steroid dienone is 5. The van der Waals surface area contributed by atoms with Gasteiger partial charge in [0.15, 0.2) is 0 Å². The molecule has 0 bridgehead atoms. The van der Waals surface area contributed by atoms with Crippen LogP contribution >= 0.6 is 0 Å². The van der Waals surface area contributed by atoms with Crippen LogP contribution in [0.15, 0.2) is 36.1 Å². The predicted octanol–water partition coefficient (Wildman–Crippen LogP) is 2.26. The van der Waals surface area contributed by atoms with Crippen molar-refractivity contribution in [3.63, 3.8) is 0 Å². The molecule has 0 radical (unpaired) electrons. The molecule has 0 amide bonds.